The van der Waals surface area contributed by atoms with Gasteiger partial charge in [0.1, 0.15) is 17.6 Å². The molecule has 0 radical (unpaired) electrons. The van der Waals surface area contributed by atoms with Crippen LogP contribution in [0.4, 0.5) is 0 Å². The van der Waals surface area contributed by atoms with Gasteiger partial charge in [-0.3, -0.25) is 4.79 Å². The summed E-state index contributed by atoms with van der Waals surface area (Å²) in [5, 5.41) is 0. The first-order valence-corrected chi connectivity index (χ1v) is 7.49. The molecule has 1 unspecified atom stereocenters. The number of rotatable bonds is 3. The fourth-order valence-electron chi connectivity index (χ4n) is 2.56. The Kier molecular flexibility index (Phi) is 3.70. The summed E-state index contributed by atoms with van der Waals surface area (Å²) >= 11 is 0. The fourth-order valence-corrected chi connectivity index (χ4v) is 2.56. The van der Waals surface area contributed by atoms with Crippen LogP contribution in [0.2, 0.25) is 0 Å². The lowest BCUT2D eigenvalue weighted by atomic mass is 9.68. The molecule has 0 amide bonds. The van der Waals surface area contributed by atoms with Crippen molar-refractivity contribution in [1.82, 2.24) is 0 Å². The molecule has 0 bridgehead atoms. The van der Waals surface area contributed by atoms with E-state index in [0.29, 0.717) is 12.2 Å². The van der Waals surface area contributed by atoms with E-state index in [2.05, 4.69) is 45.9 Å². The number of ketones is 1. The van der Waals surface area contributed by atoms with Gasteiger partial charge in [-0.2, -0.15) is 0 Å². The first-order valence-electron chi connectivity index (χ1n) is 7.49. The Morgan fingerprint density at radius 1 is 1.30 bits per heavy atom. The van der Waals surface area contributed by atoms with Crippen molar-refractivity contribution >= 4 is 5.78 Å². The van der Waals surface area contributed by atoms with E-state index < -0.39 is 0 Å². The van der Waals surface area contributed by atoms with Gasteiger partial charge in [0.2, 0.25) is 0 Å². The lowest BCUT2D eigenvalue weighted by Gasteiger charge is -2.42. The van der Waals surface area contributed by atoms with Gasteiger partial charge in [0, 0.05) is 6.42 Å². The molecule has 2 rings (SSSR count). The van der Waals surface area contributed by atoms with Gasteiger partial charge in [-0.05, 0) is 42.9 Å². The second-order valence-corrected chi connectivity index (χ2v) is 7.39. The summed E-state index contributed by atoms with van der Waals surface area (Å²) in [6, 6.07) is 6.43. The predicted molar refractivity (Wildman–Crippen MR) is 82.3 cm³/mol. The van der Waals surface area contributed by atoms with Crippen molar-refractivity contribution < 1.29 is 9.53 Å². The summed E-state index contributed by atoms with van der Waals surface area (Å²) < 4.78 is 6.17. The van der Waals surface area contributed by atoms with Crippen LogP contribution in [0, 0.1) is 5.41 Å². The zero-order valence-electron chi connectivity index (χ0n) is 13.5. The molecule has 0 spiro atoms. The molecule has 1 aliphatic carbocycles. The number of hydrogen-bond acceptors (Lipinski definition) is 2. The highest BCUT2D eigenvalue weighted by Crippen LogP contribution is 2.41. The van der Waals surface area contributed by atoms with E-state index >= 15 is 0 Å². The number of hydrogen-bond donors (Lipinski definition) is 0. The van der Waals surface area contributed by atoms with Crippen LogP contribution in [0.15, 0.2) is 18.2 Å². The van der Waals surface area contributed by atoms with Gasteiger partial charge in [-0.15, -0.1) is 0 Å². The van der Waals surface area contributed by atoms with Crippen molar-refractivity contribution in [2.24, 2.45) is 5.41 Å². The predicted octanol–water partition coefficient (Wildman–Crippen LogP) is 4.29. The Morgan fingerprint density at radius 2 is 1.95 bits per heavy atom. The highest BCUT2D eigenvalue weighted by atomic mass is 16.5. The van der Waals surface area contributed by atoms with Crippen LogP contribution >= 0.6 is 0 Å². The number of aryl methyl sites for hydroxylation is 1. The van der Waals surface area contributed by atoms with E-state index in [1.54, 1.807) is 0 Å². The number of carbonyl (C=O) groups is 1. The van der Waals surface area contributed by atoms with Crippen molar-refractivity contribution in [3.05, 3.63) is 29.3 Å². The van der Waals surface area contributed by atoms with Gasteiger partial charge in [0.05, 0.1) is 5.41 Å². The first kappa shape index (κ1) is 15.1. The molecule has 1 saturated carbocycles. The average Bonchev–Trinajstić information content (AvgIpc) is 2.37. The normalized spacial score (nSPS) is 21.5. The lowest BCUT2D eigenvalue weighted by molar-refractivity contribution is -0.148. The molecule has 1 fully saturated rings. The quantitative estimate of drug-likeness (QED) is 0.821. The van der Waals surface area contributed by atoms with E-state index in [-0.39, 0.29) is 16.9 Å². The molecule has 1 aromatic carbocycles. The Hall–Kier alpha value is -1.31. The SMILES string of the molecule is CCc1ccc(OC2CC(=O)C2(C)C)c(C(C)(C)C)c1. The van der Waals surface area contributed by atoms with Crippen molar-refractivity contribution in [3.8, 4) is 5.75 Å². The molecule has 0 heterocycles. The summed E-state index contributed by atoms with van der Waals surface area (Å²) in [4.78, 5) is 11.7. The summed E-state index contributed by atoms with van der Waals surface area (Å²) in [6.07, 6.45) is 1.56. The van der Waals surface area contributed by atoms with Crippen LogP contribution in [0.3, 0.4) is 0 Å². The van der Waals surface area contributed by atoms with Gasteiger partial charge in [-0.1, -0.05) is 39.8 Å². The van der Waals surface area contributed by atoms with Crippen molar-refractivity contribution in [3.63, 3.8) is 0 Å². The van der Waals surface area contributed by atoms with E-state index in [1.807, 2.05) is 13.8 Å². The van der Waals surface area contributed by atoms with Crippen LogP contribution < -0.4 is 4.74 Å². The highest BCUT2D eigenvalue weighted by Gasteiger charge is 2.49. The topological polar surface area (TPSA) is 26.3 Å². The average molecular weight is 274 g/mol. The molecule has 20 heavy (non-hydrogen) atoms. The fraction of sp³-hybridized carbons (Fsp3) is 0.611. The first-order chi connectivity index (χ1) is 9.16. The molecule has 1 aliphatic rings. The lowest BCUT2D eigenvalue weighted by Crippen LogP contribution is -2.53. The van der Waals surface area contributed by atoms with E-state index in [0.717, 1.165) is 12.2 Å². The smallest absolute Gasteiger partial charge is 0.145 e. The van der Waals surface area contributed by atoms with Gasteiger partial charge in [0.15, 0.2) is 0 Å². The second kappa shape index (κ2) is 4.91. The molecular weight excluding hydrogens is 248 g/mol. The van der Waals surface area contributed by atoms with Crippen LogP contribution in [0.1, 0.15) is 59.1 Å². The van der Waals surface area contributed by atoms with Crippen LogP contribution in [0.25, 0.3) is 0 Å². The minimum Gasteiger partial charge on any atom is -0.489 e. The van der Waals surface area contributed by atoms with Crippen molar-refractivity contribution in [2.75, 3.05) is 0 Å². The molecular formula is C18H26O2. The van der Waals surface area contributed by atoms with Gasteiger partial charge in [0.25, 0.3) is 0 Å². The summed E-state index contributed by atoms with van der Waals surface area (Å²) in [6.45, 7) is 12.7. The van der Waals surface area contributed by atoms with Crippen molar-refractivity contribution in [1.29, 1.82) is 0 Å². The van der Waals surface area contributed by atoms with E-state index in [4.69, 9.17) is 4.74 Å². The standard InChI is InChI=1S/C18H26O2/c1-7-12-8-9-14(13(10-12)17(2,3)4)20-16-11-15(19)18(16,5)6/h8-10,16H,7,11H2,1-6H3. The molecule has 0 saturated heterocycles. The number of benzene rings is 1. The number of carbonyl (C=O) groups excluding carboxylic acids is 1. The van der Waals surface area contributed by atoms with Gasteiger partial charge in [-0.25, -0.2) is 0 Å². The number of ether oxygens (including phenoxy) is 1. The van der Waals surface area contributed by atoms with E-state index in [1.165, 1.54) is 11.1 Å². The van der Waals surface area contributed by atoms with Gasteiger partial charge >= 0.3 is 0 Å². The summed E-state index contributed by atoms with van der Waals surface area (Å²) in [5.74, 6) is 1.23. The second-order valence-electron chi connectivity index (χ2n) is 7.39. The maximum absolute atomic E-state index is 11.7. The summed E-state index contributed by atoms with van der Waals surface area (Å²) in [5.41, 5.74) is 2.25. The Bertz CT molecular complexity index is 521. The molecule has 0 aliphatic heterocycles. The molecule has 1 atom stereocenters. The molecule has 0 aromatic heterocycles. The number of Topliss-reactive ketones (excluding diaryl/α,β-unsaturated/α-hetero) is 1. The Morgan fingerprint density at radius 3 is 2.40 bits per heavy atom. The molecule has 1 aromatic rings. The minimum atomic E-state index is -0.349. The minimum absolute atomic E-state index is 0.00331. The zero-order valence-corrected chi connectivity index (χ0v) is 13.5. The molecule has 110 valence electrons. The Labute approximate surface area is 122 Å². The third-order valence-electron chi connectivity index (χ3n) is 4.42. The van der Waals surface area contributed by atoms with Crippen LogP contribution in [-0.4, -0.2) is 11.9 Å². The van der Waals surface area contributed by atoms with Crippen LogP contribution in [0.5, 0.6) is 5.75 Å². The molecule has 2 nitrogen and oxygen atoms in total. The van der Waals surface area contributed by atoms with Crippen molar-refractivity contribution in [2.45, 2.75) is 65.9 Å². The zero-order chi connectivity index (χ0) is 15.1. The third kappa shape index (κ3) is 2.61. The third-order valence-corrected chi connectivity index (χ3v) is 4.42. The maximum Gasteiger partial charge on any atom is 0.145 e. The molecule has 2 heteroatoms. The van der Waals surface area contributed by atoms with Gasteiger partial charge < -0.3 is 4.74 Å². The van der Waals surface area contributed by atoms with Crippen LogP contribution in [-0.2, 0) is 16.6 Å². The highest BCUT2D eigenvalue weighted by molar-refractivity contribution is 5.91. The molecule has 0 N–H and O–H groups in total. The maximum atomic E-state index is 11.7. The van der Waals surface area contributed by atoms with E-state index in [9.17, 15) is 4.79 Å². The largest absolute Gasteiger partial charge is 0.489 e. The summed E-state index contributed by atoms with van der Waals surface area (Å²) in [7, 11) is 0. The Balaban J connectivity index is 2.30. The monoisotopic (exact) mass is 274 g/mol.